The fourth-order valence-corrected chi connectivity index (χ4v) is 5.73. The third-order valence-corrected chi connectivity index (χ3v) is 13.7. The van der Waals surface area contributed by atoms with Gasteiger partial charge in [0.2, 0.25) is 17.7 Å². The Labute approximate surface area is 444 Å². The van der Waals surface area contributed by atoms with Crippen LogP contribution < -0.4 is 10.6 Å². The van der Waals surface area contributed by atoms with Crippen molar-refractivity contribution in [2.75, 3.05) is 117 Å². The first-order valence-electron chi connectivity index (χ1n) is 24.2. The third-order valence-electron chi connectivity index (χ3n) is 9.68. The number of carbonyl (C=O) groups is 7. The van der Waals surface area contributed by atoms with Crippen molar-refractivity contribution in [3.8, 4) is 0 Å². The van der Waals surface area contributed by atoms with E-state index in [4.69, 9.17) is 29.2 Å². The number of carboxylic acid groups (broad SMARTS) is 3. The van der Waals surface area contributed by atoms with Crippen molar-refractivity contribution in [1.29, 1.82) is 0 Å². The Morgan fingerprint density at radius 3 is 1.40 bits per heavy atom. The zero-order valence-corrected chi connectivity index (χ0v) is 48.3. The predicted molar refractivity (Wildman–Crippen MR) is 296 cm³/mol. The van der Waals surface area contributed by atoms with E-state index in [0.29, 0.717) is 45.3 Å². The molecule has 414 valence electrons. The van der Waals surface area contributed by atoms with E-state index < -0.39 is 30.4 Å². The van der Waals surface area contributed by atoms with Crippen molar-refractivity contribution in [3.63, 3.8) is 0 Å². The van der Waals surface area contributed by atoms with E-state index in [2.05, 4.69) is 48.2 Å². The van der Waals surface area contributed by atoms with Gasteiger partial charge in [0, 0.05) is 51.9 Å². The summed E-state index contributed by atoms with van der Waals surface area (Å²) < 4.78 is 21.4. The molecule has 0 rings (SSSR count). The summed E-state index contributed by atoms with van der Waals surface area (Å²) in [4.78, 5) is 82.5. The first-order valence-corrected chi connectivity index (χ1v) is 33.1. The zero-order chi connectivity index (χ0) is 53.3. The molecule has 0 aromatic rings. The Hall–Kier alpha value is -1.57. The lowest BCUT2D eigenvalue weighted by molar-refractivity contribution is -0.145. The number of ether oxygens (including phenoxy) is 4. The lowest BCUT2D eigenvalue weighted by Crippen LogP contribution is -2.39. The lowest BCUT2D eigenvalue weighted by atomic mass is 10.0. The first kappa shape index (κ1) is 75.0. The van der Waals surface area contributed by atoms with Gasteiger partial charge in [0.15, 0.2) is 5.78 Å². The summed E-state index contributed by atoms with van der Waals surface area (Å²) in [5, 5.41) is 32.2. The number of aliphatic carboxylic acids is 3. The van der Waals surface area contributed by atoms with Gasteiger partial charge in [-0.05, 0) is 69.6 Å². The highest BCUT2D eigenvalue weighted by Crippen LogP contribution is 2.14. The number of nitrogens with one attached hydrogen (secondary N) is 2. The number of nitrogens with zero attached hydrogens (tertiary/aromatic N) is 1. The molecule has 0 saturated carbocycles. The fraction of sp³-hybridized carbons (Fsp3) is 0.851. The van der Waals surface area contributed by atoms with Gasteiger partial charge in [-0.15, -0.1) is 0 Å². The molecule has 0 saturated heterocycles. The summed E-state index contributed by atoms with van der Waals surface area (Å²) in [6.45, 7) is 3.33. The van der Waals surface area contributed by atoms with E-state index in [1.807, 2.05) is 0 Å². The van der Waals surface area contributed by atoms with Crippen molar-refractivity contribution in [1.82, 2.24) is 15.5 Å². The molecule has 3 amide bonds. The molecule has 70 heavy (non-hydrogen) atoms. The molecule has 1 atom stereocenters. The van der Waals surface area contributed by atoms with E-state index in [9.17, 15) is 38.7 Å². The summed E-state index contributed by atoms with van der Waals surface area (Å²) in [5.41, 5.74) is 0. The molecule has 5 N–H and O–H groups in total. The fourth-order valence-electron chi connectivity index (χ4n) is 5.73. The van der Waals surface area contributed by atoms with Crippen LogP contribution in [0.5, 0.6) is 0 Å². The highest BCUT2D eigenvalue weighted by atomic mass is 33.1. The number of unbranched alkanes of at least 4 members (excludes halogenated alkanes) is 12. The Bertz CT molecular complexity index is 1250. The second-order valence-corrected chi connectivity index (χ2v) is 23.5. The molecule has 0 heterocycles. The van der Waals surface area contributed by atoms with Crippen molar-refractivity contribution in [2.45, 2.75) is 135 Å². The van der Waals surface area contributed by atoms with Crippen LogP contribution in [0, 0.1) is 5.92 Å². The number of rotatable bonds is 46. The lowest BCUT2D eigenvalue weighted by Gasteiger charge is -2.20. The highest BCUT2D eigenvalue weighted by molar-refractivity contribution is 8.76. The predicted octanol–water partition coefficient (Wildman–Crippen LogP) is 9.26. The van der Waals surface area contributed by atoms with Crippen LogP contribution in [-0.2, 0) is 52.5 Å². The monoisotopic (exact) mass is 1110 g/mol. The van der Waals surface area contributed by atoms with Gasteiger partial charge in [0.25, 0.3) is 0 Å². The summed E-state index contributed by atoms with van der Waals surface area (Å²) >= 11 is 0. The van der Waals surface area contributed by atoms with Crippen LogP contribution in [0.4, 0.5) is 0 Å². The van der Waals surface area contributed by atoms with E-state index in [1.165, 1.54) is 24.2 Å². The number of ketones is 1. The SMILES string of the molecule is CSSC.CSSC.CSSC.C[C@@H](CCCCNC(=O)COCCOCCCC(=O)COCCOCCNC(=O)CCN(CC(=O)O)C(=O)CCCCCCCCCCCCCCC(=O)O)C(=O)O. The molecule has 0 aromatic heterocycles. The molecule has 0 unspecified atom stereocenters. The normalized spacial score (nSPS) is 10.8. The first-order chi connectivity index (χ1) is 33.7. The van der Waals surface area contributed by atoms with E-state index in [1.54, 1.807) is 71.7 Å². The van der Waals surface area contributed by atoms with Crippen molar-refractivity contribution < 1.29 is 67.8 Å². The van der Waals surface area contributed by atoms with Gasteiger partial charge in [0.1, 0.15) is 19.8 Å². The van der Waals surface area contributed by atoms with E-state index in [0.717, 1.165) is 57.8 Å². The summed E-state index contributed by atoms with van der Waals surface area (Å²) in [5.74, 6) is -3.98. The molecule has 0 spiro atoms. The molecule has 0 aliphatic heterocycles. The average Bonchev–Trinajstić information content (AvgIpc) is 3.34. The largest absolute Gasteiger partial charge is 0.481 e. The second kappa shape index (κ2) is 61.7. The topological polar surface area (TPSA) is 244 Å². The molecule has 0 fully saturated rings. The van der Waals surface area contributed by atoms with Crippen LogP contribution in [0.1, 0.15) is 135 Å². The van der Waals surface area contributed by atoms with Crippen molar-refractivity contribution in [2.24, 2.45) is 5.92 Å². The Morgan fingerprint density at radius 2 is 0.914 bits per heavy atom. The number of amides is 3. The van der Waals surface area contributed by atoms with Gasteiger partial charge in [-0.3, -0.25) is 33.6 Å². The van der Waals surface area contributed by atoms with Gasteiger partial charge in [-0.1, -0.05) is 142 Å². The summed E-state index contributed by atoms with van der Waals surface area (Å²) in [7, 11) is 10.6. The quantitative estimate of drug-likeness (QED) is 0.0282. The van der Waals surface area contributed by atoms with Gasteiger partial charge in [-0.25, -0.2) is 0 Å². The highest BCUT2D eigenvalue weighted by Gasteiger charge is 2.18. The van der Waals surface area contributed by atoms with Crippen LogP contribution in [0.15, 0.2) is 0 Å². The molecule has 0 radical (unpaired) electrons. The maximum absolute atomic E-state index is 12.7. The minimum atomic E-state index is -1.13. The van der Waals surface area contributed by atoms with Crippen molar-refractivity contribution >= 4 is 106 Å². The van der Waals surface area contributed by atoms with Gasteiger partial charge in [-0.2, -0.15) is 0 Å². The average molecular weight is 1110 g/mol. The van der Waals surface area contributed by atoms with Gasteiger partial charge in [0.05, 0.1) is 39.0 Å². The molecule has 0 aliphatic carbocycles. The van der Waals surface area contributed by atoms with E-state index in [-0.39, 0.29) is 102 Å². The number of hydrogen-bond acceptors (Lipinski definition) is 17. The van der Waals surface area contributed by atoms with Crippen LogP contribution in [0.2, 0.25) is 0 Å². The maximum Gasteiger partial charge on any atom is 0.323 e. The Balaban J connectivity index is -0.00000161. The summed E-state index contributed by atoms with van der Waals surface area (Å²) in [6.07, 6.45) is 27.9. The van der Waals surface area contributed by atoms with E-state index >= 15 is 0 Å². The Morgan fingerprint density at radius 1 is 0.457 bits per heavy atom. The zero-order valence-electron chi connectivity index (χ0n) is 43.4. The smallest absolute Gasteiger partial charge is 0.323 e. The minimum Gasteiger partial charge on any atom is -0.481 e. The molecule has 23 heteroatoms. The van der Waals surface area contributed by atoms with Crippen molar-refractivity contribution in [3.05, 3.63) is 0 Å². The number of carbonyl (C=O) groups excluding carboxylic acids is 4. The second-order valence-electron chi connectivity index (χ2n) is 15.5. The standard InChI is InChI=1S/C41H73N3O14.3C2H6S2/c1-34(41(53)54)17-14-15-22-42-37(47)33-58-30-27-55-25-16-18-35(45)32-57-29-28-56-26-23-43-36(46)21-24-44(31-40(51)52)38(48)19-12-10-8-6-4-2-3-5-7-9-11-13-20-39(49)50;3*1-3-4-2/h34H,2-33H2,1H3,(H,42,47)(H,43,46)(H,49,50)(H,51,52)(H,53,54);3*1-2H3/t34-;;;/m0.../s1. The minimum absolute atomic E-state index is 0.0151. The molecule has 0 bridgehead atoms. The number of hydrogen-bond donors (Lipinski definition) is 5. The third kappa shape index (κ3) is 66.4. The molecule has 0 aromatic carbocycles. The molecular weight excluding hydrogens is 1020 g/mol. The van der Waals surface area contributed by atoms with Crippen LogP contribution in [0.3, 0.4) is 0 Å². The Kier molecular flexibility index (Phi) is 66.1. The molecule has 0 aliphatic rings. The van der Waals surface area contributed by atoms with Gasteiger partial charge >= 0.3 is 17.9 Å². The molecular formula is C47H91N3O14S6. The molecule has 17 nitrogen and oxygen atoms in total. The van der Waals surface area contributed by atoms with Gasteiger partial charge < -0.3 is 49.8 Å². The summed E-state index contributed by atoms with van der Waals surface area (Å²) in [6, 6.07) is 0. The number of carboxylic acids is 3. The van der Waals surface area contributed by atoms with Crippen LogP contribution in [-0.4, -0.2) is 178 Å². The van der Waals surface area contributed by atoms with Crippen LogP contribution >= 0.6 is 64.8 Å². The maximum atomic E-state index is 12.7. The van der Waals surface area contributed by atoms with Crippen LogP contribution in [0.25, 0.3) is 0 Å². The number of Topliss-reactive ketones (excluding diaryl/α,β-unsaturated/α-hetero) is 1.